The summed E-state index contributed by atoms with van der Waals surface area (Å²) in [6.45, 7) is 4.38. The largest absolute Gasteiger partial charge is 0.481 e. The predicted octanol–water partition coefficient (Wildman–Crippen LogP) is 3.97. The van der Waals surface area contributed by atoms with Gasteiger partial charge in [0.25, 0.3) is 5.91 Å². The van der Waals surface area contributed by atoms with Crippen LogP contribution in [0.3, 0.4) is 0 Å². The second-order valence-corrected chi connectivity index (χ2v) is 6.75. The Balaban J connectivity index is 2.68. The van der Waals surface area contributed by atoms with Crippen molar-refractivity contribution in [1.29, 1.82) is 0 Å². The smallest absolute Gasteiger partial charge is 0.303 e. The van der Waals surface area contributed by atoms with E-state index in [1.54, 1.807) is 18.2 Å². The lowest BCUT2D eigenvalue weighted by molar-refractivity contribution is -0.138. The molecule has 0 fully saturated rings. The van der Waals surface area contributed by atoms with Crippen molar-refractivity contribution in [2.45, 2.75) is 26.7 Å². The van der Waals surface area contributed by atoms with Gasteiger partial charge >= 0.3 is 5.97 Å². The third kappa shape index (κ3) is 6.48. The van der Waals surface area contributed by atoms with Crippen molar-refractivity contribution in [3.63, 3.8) is 0 Å². The van der Waals surface area contributed by atoms with Gasteiger partial charge in [-0.3, -0.25) is 9.59 Å². The van der Waals surface area contributed by atoms with Crippen LogP contribution in [0.4, 0.5) is 0 Å². The van der Waals surface area contributed by atoms with Crippen molar-refractivity contribution in [3.05, 3.63) is 33.3 Å². The number of amides is 1. The Morgan fingerprint density at radius 2 is 2.05 bits per heavy atom. The molecule has 1 unspecified atom stereocenters. The number of hydrogen-bond acceptors (Lipinski definition) is 2. The molecule has 0 saturated carbocycles. The summed E-state index contributed by atoms with van der Waals surface area (Å²) in [5.74, 6) is -0.853. The Morgan fingerprint density at radius 1 is 1.38 bits per heavy atom. The molecule has 0 aliphatic heterocycles. The molecule has 1 aromatic rings. The molecule has 1 rings (SSSR count). The highest BCUT2D eigenvalue weighted by Crippen LogP contribution is 2.21. The van der Waals surface area contributed by atoms with E-state index in [1.807, 2.05) is 13.8 Å². The molecular weight excluding hydrogens is 358 g/mol. The summed E-state index contributed by atoms with van der Waals surface area (Å²) < 4.78 is 0.765. The number of benzene rings is 1. The number of aliphatic carboxylic acids is 1. The van der Waals surface area contributed by atoms with Crippen molar-refractivity contribution in [1.82, 2.24) is 5.32 Å². The molecule has 2 N–H and O–H groups in total. The summed E-state index contributed by atoms with van der Waals surface area (Å²) in [4.78, 5) is 23.0. The van der Waals surface area contributed by atoms with Crippen LogP contribution in [0.1, 0.15) is 37.0 Å². The number of carboxylic acids is 1. The molecule has 0 spiro atoms. The third-order valence-electron chi connectivity index (χ3n) is 2.99. The number of carbonyl (C=O) groups is 2. The minimum absolute atomic E-state index is 0.0463. The van der Waals surface area contributed by atoms with Crippen molar-refractivity contribution in [2.24, 2.45) is 11.8 Å². The molecule has 1 atom stereocenters. The number of carbonyl (C=O) groups excluding carboxylic acids is 1. The first-order valence-electron chi connectivity index (χ1n) is 6.74. The van der Waals surface area contributed by atoms with E-state index in [0.29, 0.717) is 23.0 Å². The van der Waals surface area contributed by atoms with Gasteiger partial charge in [-0.1, -0.05) is 41.4 Å². The third-order valence-corrected chi connectivity index (χ3v) is 3.82. The zero-order valence-electron chi connectivity index (χ0n) is 12.0. The van der Waals surface area contributed by atoms with Crippen LogP contribution in [0.2, 0.25) is 5.02 Å². The molecule has 116 valence electrons. The van der Waals surface area contributed by atoms with Gasteiger partial charge in [0.05, 0.1) is 10.6 Å². The maximum atomic E-state index is 12.1. The van der Waals surface area contributed by atoms with Crippen LogP contribution >= 0.6 is 27.5 Å². The normalized spacial score (nSPS) is 12.2. The summed E-state index contributed by atoms with van der Waals surface area (Å²) in [6.07, 6.45) is 0.795. The molecule has 0 radical (unpaired) electrons. The van der Waals surface area contributed by atoms with Gasteiger partial charge in [0, 0.05) is 17.4 Å². The van der Waals surface area contributed by atoms with Gasteiger partial charge in [0.2, 0.25) is 0 Å². The summed E-state index contributed by atoms with van der Waals surface area (Å²) >= 11 is 9.29. The number of carboxylic acid groups (broad SMARTS) is 1. The second-order valence-electron chi connectivity index (χ2n) is 5.43. The van der Waals surface area contributed by atoms with E-state index in [4.69, 9.17) is 16.7 Å². The van der Waals surface area contributed by atoms with Gasteiger partial charge in [0.15, 0.2) is 0 Å². The van der Waals surface area contributed by atoms with Gasteiger partial charge < -0.3 is 10.4 Å². The van der Waals surface area contributed by atoms with Gasteiger partial charge in [-0.15, -0.1) is 0 Å². The van der Waals surface area contributed by atoms with Crippen LogP contribution in [0, 0.1) is 11.8 Å². The van der Waals surface area contributed by atoms with Crippen molar-refractivity contribution in [3.8, 4) is 0 Å². The fraction of sp³-hybridized carbons (Fsp3) is 0.467. The Bertz CT molecular complexity index is 520. The predicted molar refractivity (Wildman–Crippen MR) is 86.7 cm³/mol. The Kier molecular flexibility index (Phi) is 7.18. The lowest BCUT2D eigenvalue weighted by atomic mass is 9.94. The van der Waals surface area contributed by atoms with Crippen LogP contribution in [0.15, 0.2) is 22.7 Å². The molecule has 4 nitrogen and oxygen atoms in total. The SMILES string of the molecule is CC(C)CC(CNC(=O)c1cc(Br)ccc1Cl)CC(=O)O. The Labute approximate surface area is 138 Å². The molecule has 0 aliphatic rings. The van der Waals surface area contributed by atoms with Crippen LogP contribution in [-0.4, -0.2) is 23.5 Å². The fourth-order valence-corrected chi connectivity index (χ4v) is 2.72. The molecule has 6 heteroatoms. The van der Waals surface area contributed by atoms with E-state index < -0.39 is 5.97 Å². The average Bonchev–Trinajstić information content (AvgIpc) is 2.37. The molecule has 1 aromatic carbocycles. The van der Waals surface area contributed by atoms with E-state index in [9.17, 15) is 9.59 Å². The Morgan fingerprint density at radius 3 is 2.62 bits per heavy atom. The average molecular weight is 377 g/mol. The maximum absolute atomic E-state index is 12.1. The molecule has 0 heterocycles. The molecular formula is C15H19BrClNO3. The minimum Gasteiger partial charge on any atom is -0.481 e. The van der Waals surface area contributed by atoms with Gasteiger partial charge in [-0.05, 0) is 36.5 Å². The van der Waals surface area contributed by atoms with E-state index in [2.05, 4.69) is 21.2 Å². The van der Waals surface area contributed by atoms with Crippen LogP contribution < -0.4 is 5.32 Å². The first-order valence-corrected chi connectivity index (χ1v) is 7.91. The van der Waals surface area contributed by atoms with E-state index >= 15 is 0 Å². The zero-order valence-corrected chi connectivity index (χ0v) is 14.4. The van der Waals surface area contributed by atoms with E-state index in [-0.39, 0.29) is 18.2 Å². The summed E-state index contributed by atoms with van der Waals surface area (Å²) in [7, 11) is 0. The fourth-order valence-electron chi connectivity index (χ4n) is 2.16. The highest BCUT2D eigenvalue weighted by atomic mass is 79.9. The van der Waals surface area contributed by atoms with E-state index in [1.165, 1.54) is 0 Å². The number of halogens is 2. The molecule has 0 saturated heterocycles. The summed E-state index contributed by atoms with van der Waals surface area (Å²) in [5, 5.41) is 12.1. The lowest BCUT2D eigenvalue weighted by Gasteiger charge is -2.18. The highest BCUT2D eigenvalue weighted by Gasteiger charge is 2.17. The molecule has 1 amide bonds. The maximum Gasteiger partial charge on any atom is 0.303 e. The molecule has 0 aromatic heterocycles. The van der Waals surface area contributed by atoms with Crippen LogP contribution in [0.5, 0.6) is 0 Å². The van der Waals surface area contributed by atoms with Gasteiger partial charge in [-0.25, -0.2) is 0 Å². The first-order chi connectivity index (χ1) is 9.79. The van der Waals surface area contributed by atoms with Crippen molar-refractivity contribution >= 4 is 39.4 Å². The molecule has 0 aliphatic carbocycles. The summed E-state index contributed by atoms with van der Waals surface area (Å²) in [6, 6.07) is 5.04. The zero-order chi connectivity index (χ0) is 16.0. The standard InChI is InChI=1S/C15H19BrClNO3/c1-9(2)5-10(6-14(19)20)8-18-15(21)12-7-11(16)3-4-13(12)17/h3-4,7,9-10H,5-6,8H2,1-2H3,(H,18,21)(H,19,20). The lowest BCUT2D eigenvalue weighted by Crippen LogP contribution is -2.31. The first kappa shape index (κ1) is 18.0. The number of nitrogens with one attached hydrogen (secondary N) is 1. The van der Waals surface area contributed by atoms with Crippen molar-refractivity contribution in [2.75, 3.05) is 6.54 Å². The topological polar surface area (TPSA) is 66.4 Å². The van der Waals surface area contributed by atoms with Gasteiger partial charge in [0.1, 0.15) is 0 Å². The summed E-state index contributed by atoms with van der Waals surface area (Å²) in [5.41, 5.74) is 0.379. The van der Waals surface area contributed by atoms with Crippen molar-refractivity contribution < 1.29 is 14.7 Å². The monoisotopic (exact) mass is 375 g/mol. The number of rotatable bonds is 7. The quantitative estimate of drug-likeness (QED) is 0.756. The minimum atomic E-state index is -0.851. The molecule has 0 bridgehead atoms. The number of hydrogen-bond donors (Lipinski definition) is 2. The van der Waals surface area contributed by atoms with E-state index in [0.717, 1.165) is 10.9 Å². The highest BCUT2D eigenvalue weighted by molar-refractivity contribution is 9.10. The Hall–Kier alpha value is -1.07. The molecule has 21 heavy (non-hydrogen) atoms. The second kappa shape index (κ2) is 8.39. The van der Waals surface area contributed by atoms with Crippen LogP contribution in [-0.2, 0) is 4.79 Å². The van der Waals surface area contributed by atoms with Gasteiger partial charge in [-0.2, -0.15) is 0 Å². The van der Waals surface area contributed by atoms with Crippen LogP contribution in [0.25, 0.3) is 0 Å².